The van der Waals surface area contributed by atoms with Crippen LogP contribution in [0.4, 0.5) is 0 Å². The molecular weight excluding hydrogens is 316 g/mol. The van der Waals surface area contributed by atoms with Crippen molar-refractivity contribution in [3.05, 3.63) is 24.3 Å². The van der Waals surface area contributed by atoms with Gasteiger partial charge in [-0.3, -0.25) is 4.55 Å². The maximum atomic E-state index is 11.0. The van der Waals surface area contributed by atoms with Crippen molar-refractivity contribution in [1.29, 1.82) is 0 Å². The predicted molar refractivity (Wildman–Crippen MR) is 49.9 cm³/mol. The van der Waals surface area contributed by atoms with Gasteiger partial charge in [0.1, 0.15) is 5.71 Å². The topological polar surface area (TPSA) is 126 Å². The van der Waals surface area contributed by atoms with Gasteiger partial charge in [-0.25, -0.2) is 0 Å². The second-order valence-corrected chi connectivity index (χ2v) is 4.14. The van der Waals surface area contributed by atoms with Gasteiger partial charge in [0.05, 0.1) is 0 Å². The van der Waals surface area contributed by atoms with Crippen LogP contribution >= 0.6 is 0 Å². The van der Waals surface area contributed by atoms with E-state index >= 15 is 0 Å². The minimum atomic E-state index is -4.35. The molecule has 0 bridgehead atoms. The average molecular weight is 324 g/mol. The summed E-state index contributed by atoms with van der Waals surface area (Å²) in [6.45, 7) is 0. The second-order valence-electron chi connectivity index (χ2n) is 2.56. The van der Waals surface area contributed by atoms with E-state index < -0.39 is 15.0 Å². The average Bonchev–Trinajstić information content (AvgIpc) is 2.46. The summed E-state index contributed by atoms with van der Waals surface area (Å²) >= 11 is 0. The molecule has 0 amide bonds. The third-order valence-electron chi connectivity index (χ3n) is 1.79. The predicted octanol–water partition coefficient (Wildman–Crippen LogP) is 0.678. The van der Waals surface area contributed by atoms with Crippen LogP contribution in [-0.4, -0.2) is 23.6 Å². The van der Waals surface area contributed by atoms with Crippen LogP contribution in [0.25, 0.3) is 0 Å². The van der Waals surface area contributed by atoms with Gasteiger partial charge in [-0.2, -0.15) is 8.42 Å². The Hall–Kier alpha value is -0.640. The van der Waals surface area contributed by atoms with Crippen molar-refractivity contribution in [3.8, 4) is 0 Å². The summed E-state index contributed by atoms with van der Waals surface area (Å²) < 4.78 is 31.0. The van der Waals surface area contributed by atoms with E-state index in [4.69, 9.17) is 4.55 Å². The molecule has 0 aromatic carbocycles. The Bertz CT molecular complexity index is 467. The zero-order valence-electron chi connectivity index (χ0n) is 7.33. The number of hydrogen-bond acceptors (Lipinski definition) is 6. The molecule has 2 aliphatic rings. The smallest absolute Gasteiger partial charge is 0.303 e. The van der Waals surface area contributed by atoms with Gasteiger partial charge in [-0.1, -0.05) is 12.2 Å². The minimum absolute atomic E-state index is 0. The maximum absolute atomic E-state index is 11.0. The summed E-state index contributed by atoms with van der Waals surface area (Å²) in [7, 11) is -4.35. The van der Waals surface area contributed by atoms with Gasteiger partial charge in [-0.15, -0.1) is 10.2 Å². The van der Waals surface area contributed by atoms with Gasteiger partial charge >= 0.3 is 10.1 Å². The molecule has 7 nitrogen and oxygen atoms in total. The Morgan fingerprint density at radius 2 is 2.00 bits per heavy atom. The van der Waals surface area contributed by atoms with E-state index in [2.05, 4.69) is 15.4 Å². The normalized spacial score (nSPS) is 26.3. The summed E-state index contributed by atoms with van der Waals surface area (Å²) in [5, 5.41) is 10.1. The third kappa shape index (κ3) is 2.00. The first-order valence-corrected chi connectivity index (χ1v) is 4.83. The Balaban J connectivity index is 0.000000980. The van der Waals surface area contributed by atoms with Crippen LogP contribution in [0.1, 0.15) is 0 Å². The third-order valence-corrected chi connectivity index (χ3v) is 3.01. The molecule has 1 atom stereocenters. The fourth-order valence-electron chi connectivity index (χ4n) is 1.13. The molecule has 4 N–H and O–H groups in total. The second kappa shape index (κ2) is 4.47. The van der Waals surface area contributed by atoms with Gasteiger partial charge in [0.25, 0.3) is 4.87 Å². The van der Waals surface area contributed by atoms with Gasteiger partial charge in [0, 0.05) is 22.4 Å². The fraction of sp³-hybridized carbons (Fsp3) is 0.167. The summed E-state index contributed by atoms with van der Waals surface area (Å²) in [6.07, 6.45) is 5.74. The first-order valence-electron chi connectivity index (χ1n) is 3.39. The van der Waals surface area contributed by atoms with Crippen molar-refractivity contribution in [1.82, 2.24) is 6.15 Å². The minimum Gasteiger partial charge on any atom is -0.344 e. The van der Waals surface area contributed by atoms with E-state index in [1.165, 1.54) is 18.2 Å². The quantitative estimate of drug-likeness (QED) is 0.543. The van der Waals surface area contributed by atoms with E-state index in [1.54, 1.807) is 6.08 Å². The van der Waals surface area contributed by atoms with Crippen LogP contribution in [0.3, 0.4) is 0 Å². The number of fused-ring (bicyclic) bond motifs is 1. The molecule has 1 heterocycles. The Labute approximate surface area is 102 Å². The standard InChI is InChI=1S/C6H5N3O3S.Ag.H3N/c10-13(11,12)6-4-2-1-3-5(6)7-9-8-6;;/h1-4H,(H,10,11,12);;1H3. The van der Waals surface area contributed by atoms with Crippen molar-refractivity contribution in [2.24, 2.45) is 15.4 Å². The number of hydrogen-bond donors (Lipinski definition) is 2. The van der Waals surface area contributed by atoms with Crippen LogP contribution in [0.2, 0.25) is 0 Å². The van der Waals surface area contributed by atoms with E-state index in [1.807, 2.05) is 0 Å². The van der Waals surface area contributed by atoms with E-state index in [0.717, 1.165) is 0 Å². The van der Waals surface area contributed by atoms with E-state index in [9.17, 15) is 8.42 Å². The molecule has 1 unspecified atom stereocenters. The van der Waals surface area contributed by atoms with E-state index in [-0.39, 0.29) is 34.2 Å². The van der Waals surface area contributed by atoms with Crippen LogP contribution in [0, 0.1) is 0 Å². The van der Waals surface area contributed by atoms with Crippen molar-refractivity contribution in [2.45, 2.75) is 4.87 Å². The Morgan fingerprint density at radius 1 is 1.33 bits per heavy atom. The molecule has 2 rings (SSSR count). The summed E-state index contributed by atoms with van der Waals surface area (Å²) in [5.74, 6) is 0. The van der Waals surface area contributed by atoms with E-state index in [0.29, 0.717) is 0 Å². The fourth-order valence-corrected chi connectivity index (χ4v) is 1.90. The zero-order valence-corrected chi connectivity index (χ0v) is 9.63. The molecule has 0 saturated heterocycles. The van der Waals surface area contributed by atoms with Gasteiger partial charge < -0.3 is 6.15 Å². The molecule has 0 fully saturated rings. The van der Waals surface area contributed by atoms with Crippen LogP contribution < -0.4 is 6.15 Å². The number of rotatable bonds is 1. The first-order chi connectivity index (χ1) is 6.06. The van der Waals surface area contributed by atoms with Crippen LogP contribution in [0.15, 0.2) is 39.7 Å². The maximum Gasteiger partial charge on any atom is 0.303 e. The molecule has 1 radical (unpaired) electrons. The molecular formula is C6H8AgN4O3S. The molecule has 0 aromatic rings. The van der Waals surface area contributed by atoms with Crippen molar-refractivity contribution >= 4 is 15.8 Å². The SMILES string of the molecule is N.O=S(=O)(O)C12C=CC=CC1=NN=N2.[Ag]. The zero-order chi connectivity index (χ0) is 9.53. The molecule has 1 aliphatic carbocycles. The molecule has 15 heavy (non-hydrogen) atoms. The molecule has 0 spiro atoms. The van der Waals surface area contributed by atoms with Crippen molar-refractivity contribution in [2.75, 3.05) is 0 Å². The van der Waals surface area contributed by atoms with Crippen molar-refractivity contribution < 1.29 is 35.4 Å². The van der Waals surface area contributed by atoms with Crippen molar-refractivity contribution in [3.63, 3.8) is 0 Å². The summed E-state index contributed by atoms with van der Waals surface area (Å²) in [4.78, 5) is -1.80. The summed E-state index contributed by atoms with van der Waals surface area (Å²) in [5.41, 5.74) is 0.109. The molecule has 87 valence electrons. The van der Waals surface area contributed by atoms with Crippen LogP contribution in [0.5, 0.6) is 0 Å². The Morgan fingerprint density at radius 3 is 2.53 bits per heavy atom. The monoisotopic (exact) mass is 323 g/mol. The molecule has 0 aromatic heterocycles. The first kappa shape index (κ1) is 14.4. The number of nitrogens with zero attached hydrogens (tertiary/aromatic N) is 3. The van der Waals surface area contributed by atoms with Gasteiger partial charge in [0.15, 0.2) is 0 Å². The van der Waals surface area contributed by atoms with Crippen LogP contribution in [-0.2, 0) is 32.5 Å². The van der Waals surface area contributed by atoms with Gasteiger partial charge in [0.2, 0.25) is 0 Å². The molecule has 9 heteroatoms. The van der Waals surface area contributed by atoms with Gasteiger partial charge in [-0.05, 0) is 17.4 Å². The molecule has 1 aliphatic heterocycles. The largest absolute Gasteiger partial charge is 0.344 e. The summed E-state index contributed by atoms with van der Waals surface area (Å²) in [6, 6.07) is 0. The Kier molecular flexibility index (Phi) is 4.28. The number of allylic oxidation sites excluding steroid dienone is 2. The molecule has 0 saturated carbocycles.